The molecule has 0 aliphatic heterocycles. The summed E-state index contributed by atoms with van der Waals surface area (Å²) in [6, 6.07) is 0. The highest BCUT2D eigenvalue weighted by molar-refractivity contribution is 5.72. The van der Waals surface area contributed by atoms with Crippen molar-refractivity contribution in [3.8, 4) is 0 Å². The molecule has 0 saturated carbocycles. The highest BCUT2D eigenvalue weighted by atomic mass is 19.1. The molecule has 122 valence electrons. The summed E-state index contributed by atoms with van der Waals surface area (Å²) in [5.41, 5.74) is 5.14. The maximum atomic E-state index is 9.96. The number of halogens is 1. The van der Waals surface area contributed by atoms with Gasteiger partial charge >= 0.3 is 0 Å². The number of carbonyl (C=O) groups is 2. The molecule has 0 saturated heterocycles. The van der Waals surface area contributed by atoms with E-state index in [1.807, 2.05) is 0 Å². The molecule has 0 aromatic heterocycles. The Morgan fingerprint density at radius 3 is 1.21 bits per heavy atom. The first-order chi connectivity index (χ1) is 9.29. The zero-order valence-corrected chi connectivity index (χ0v) is 13.5. The minimum atomic E-state index is -1.00. The molecule has 0 spiro atoms. The van der Waals surface area contributed by atoms with Crippen LogP contribution in [0, 0.1) is 0 Å². The summed E-state index contributed by atoms with van der Waals surface area (Å²) in [4.78, 5) is 18.9. The number of hydrogen-bond acceptors (Lipinski definition) is 5. The van der Waals surface area contributed by atoms with Crippen molar-refractivity contribution in [1.29, 1.82) is 0 Å². The lowest BCUT2D eigenvalue weighted by Crippen LogP contribution is -1.95. The molecule has 0 aliphatic carbocycles. The van der Waals surface area contributed by atoms with E-state index >= 15 is 0 Å². The van der Waals surface area contributed by atoms with Gasteiger partial charge in [0.15, 0.2) is 0 Å². The van der Waals surface area contributed by atoms with E-state index in [2.05, 4.69) is 6.92 Å². The van der Waals surface area contributed by atoms with E-state index in [1.54, 1.807) is 0 Å². The van der Waals surface area contributed by atoms with E-state index in [9.17, 15) is 14.0 Å². The fraction of sp³-hybridized carbons (Fsp3) is 0.846. The van der Waals surface area contributed by atoms with Crippen LogP contribution in [-0.4, -0.2) is 49.7 Å². The van der Waals surface area contributed by atoms with Gasteiger partial charge in [-0.25, -0.2) is 0 Å². The van der Waals surface area contributed by atoms with Crippen LogP contribution >= 0.6 is 0 Å². The molecule has 0 heterocycles. The summed E-state index contributed by atoms with van der Waals surface area (Å²) < 4.78 is 15.5. The van der Waals surface area contributed by atoms with E-state index in [0.717, 1.165) is 20.8 Å². The lowest BCUT2D eigenvalue weighted by Gasteiger charge is -1.80. The molecular formula is C13H34FNO4. The lowest BCUT2D eigenvalue weighted by molar-refractivity contribution is -0.115. The number of alkyl halides is 1. The third-order valence-electron chi connectivity index (χ3n) is 0.558. The predicted molar refractivity (Wildman–Crippen MR) is 80.0 cm³/mol. The molecule has 0 aromatic carbocycles. The molecule has 19 heavy (non-hydrogen) atoms. The molecule has 0 radical (unpaired) electrons. The van der Waals surface area contributed by atoms with E-state index in [1.165, 1.54) is 40.5 Å². The van der Waals surface area contributed by atoms with Crippen LogP contribution < -0.4 is 5.73 Å². The Balaban J connectivity index is -0.0000000305. The van der Waals surface area contributed by atoms with E-state index in [4.69, 9.17) is 17.3 Å². The van der Waals surface area contributed by atoms with Gasteiger partial charge in [0, 0.05) is 14.2 Å². The van der Waals surface area contributed by atoms with Crippen molar-refractivity contribution < 1.29 is 25.6 Å². The number of nitrogens with two attached hydrogens (primary N) is 1. The second kappa shape index (κ2) is 67.3. The molecule has 0 aromatic rings. The Morgan fingerprint density at radius 1 is 1.05 bits per heavy atom. The molecular weight excluding hydrogens is 253 g/mol. The van der Waals surface area contributed by atoms with Crippen molar-refractivity contribution in [2.45, 2.75) is 47.5 Å². The van der Waals surface area contributed by atoms with E-state index in [0.29, 0.717) is 0 Å². The lowest BCUT2D eigenvalue weighted by atomic mass is 10.3. The maximum Gasteiger partial charge on any atom is 0.126 e. The summed E-state index contributed by atoms with van der Waals surface area (Å²) in [7, 11) is 1.00. The Labute approximate surface area is 119 Å². The normalized spacial score (nSPS) is 6.58. The average molecular weight is 288 g/mol. The average Bonchev–Trinajstić information content (AvgIpc) is 2.35. The van der Waals surface area contributed by atoms with Gasteiger partial charge in [0.05, 0.1) is 8.52 Å². The van der Waals surface area contributed by atoms with E-state index in [-0.39, 0.29) is 11.6 Å². The standard InChI is InChI=1S/C4H11N.2C3H6O.CH3F.2CH4O/c1-2-3-4-5;2*1-3(2)4;3*1-2/h2-5H2,1H3;2*1-2H3;1H3;2*2H,1H3/i;;;1D;;. The molecule has 0 fully saturated rings. The number of hydrogen-bond donors (Lipinski definition) is 3. The van der Waals surface area contributed by atoms with Crippen LogP contribution in [0.1, 0.15) is 48.8 Å². The van der Waals surface area contributed by atoms with Gasteiger partial charge in [-0.15, -0.1) is 0 Å². The summed E-state index contributed by atoms with van der Waals surface area (Å²) in [6.45, 7) is 9.09. The first kappa shape index (κ1) is 30.9. The van der Waals surface area contributed by atoms with Crippen molar-refractivity contribution >= 4 is 11.6 Å². The number of aliphatic hydroxyl groups is 2. The maximum absolute atomic E-state index is 9.96. The number of rotatable bonds is 2. The van der Waals surface area contributed by atoms with Crippen LogP contribution in [0.25, 0.3) is 0 Å². The Morgan fingerprint density at radius 2 is 1.21 bits per heavy atom. The molecule has 0 rings (SSSR count). The topological polar surface area (TPSA) is 101 Å². The molecule has 0 atom stereocenters. The molecule has 5 nitrogen and oxygen atoms in total. The number of aliphatic hydroxyl groups excluding tert-OH is 2. The van der Waals surface area contributed by atoms with Crippen molar-refractivity contribution in [1.82, 2.24) is 0 Å². The van der Waals surface area contributed by atoms with Gasteiger partial charge in [-0.2, -0.15) is 0 Å². The summed E-state index contributed by atoms with van der Waals surface area (Å²) in [5.74, 6) is 0.333. The van der Waals surface area contributed by atoms with Gasteiger partial charge in [0.2, 0.25) is 0 Å². The number of Topliss-reactive ketones (excluding diaryl/α,β-unsaturated/α-hetero) is 2. The Kier molecular flexibility index (Phi) is 109. The zero-order chi connectivity index (χ0) is 18.0. The molecule has 0 bridgehead atoms. The Hall–Kier alpha value is -0.850. The quantitative estimate of drug-likeness (QED) is 0.718. The second-order valence-corrected chi connectivity index (χ2v) is 2.96. The van der Waals surface area contributed by atoms with Crippen LogP contribution in [-0.2, 0) is 9.59 Å². The van der Waals surface area contributed by atoms with Gasteiger partial charge in [-0.05, 0) is 40.7 Å². The van der Waals surface area contributed by atoms with Crippen LogP contribution in [0.3, 0.4) is 0 Å². The molecule has 0 aliphatic rings. The molecule has 0 unspecified atom stereocenters. The highest BCUT2D eigenvalue weighted by Crippen LogP contribution is 1.77. The third kappa shape index (κ3) is 2980. The first-order valence-corrected chi connectivity index (χ1v) is 5.69. The number of ketones is 2. The SMILES string of the molecule is CC(C)=O.CC(C)=O.CCCCN.CO.CO.[2H]CF. The smallest absolute Gasteiger partial charge is 0.126 e. The summed E-state index contributed by atoms with van der Waals surface area (Å²) in [5, 5.41) is 14.0. The van der Waals surface area contributed by atoms with Gasteiger partial charge in [-0.3, -0.25) is 4.39 Å². The van der Waals surface area contributed by atoms with Crippen molar-refractivity contribution in [3.05, 3.63) is 0 Å². The van der Waals surface area contributed by atoms with Crippen molar-refractivity contribution in [2.75, 3.05) is 27.9 Å². The highest BCUT2D eigenvalue weighted by Gasteiger charge is 1.68. The van der Waals surface area contributed by atoms with Crippen molar-refractivity contribution in [2.24, 2.45) is 5.73 Å². The monoisotopic (exact) mass is 288 g/mol. The third-order valence-corrected chi connectivity index (χ3v) is 0.558. The second-order valence-electron chi connectivity index (χ2n) is 2.96. The first-order valence-electron chi connectivity index (χ1n) is 6.39. The Bertz CT molecular complexity index is 128. The van der Waals surface area contributed by atoms with Crippen LogP contribution in [0.4, 0.5) is 4.39 Å². The molecule has 6 heteroatoms. The minimum absolute atomic E-state index is 0.167. The van der Waals surface area contributed by atoms with Gasteiger partial charge < -0.3 is 25.5 Å². The summed E-state index contributed by atoms with van der Waals surface area (Å²) in [6.07, 6.45) is 2.39. The van der Waals surface area contributed by atoms with Crippen LogP contribution in [0.15, 0.2) is 0 Å². The van der Waals surface area contributed by atoms with Gasteiger partial charge in [-0.1, -0.05) is 13.3 Å². The predicted octanol–water partition coefficient (Wildman–Crippen LogP) is 1.74. The van der Waals surface area contributed by atoms with E-state index < -0.39 is 7.15 Å². The molecule has 0 amide bonds. The molecule has 4 N–H and O–H groups in total. The zero-order valence-electron chi connectivity index (χ0n) is 14.5. The number of unbranched alkanes of at least 4 members (excludes halogenated alkanes) is 1. The van der Waals surface area contributed by atoms with Gasteiger partial charge in [0.1, 0.15) is 11.6 Å². The summed E-state index contributed by atoms with van der Waals surface area (Å²) >= 11 is 0. The minimum Gasteiger partial charge on any atom is -0.400 e. The fourth-order valence-electron chi connectivity index (χ4n) is 0.204. The largest absolute Gasteiger partial charge is 0.400 e. The van der Waals surface area contributed by atoms with Crippen molar-refractivity contribution in [3.63, 3.8) is 0 Å². The van der Waals surface area contributed by atoms with Crippen LogP contribution in [0.5, 0.6) is 0 Å². The number of carbonyl (C=O) groups excluding carboxylic acids is 2. The van der Waals surface area contributed by atoms with Gasteiger partial charge in [0.25, 0.3) is 0 Å². The van der Waals surface area contributed by atoms with Crippen LogP contribution in [0.2, 0.25) is 0 Å². The fourth-order valence-corrected chi connectivity index (χ4v) is 0.204.